The van der Waals surface area contributed by atoms with Crippen molar-refractivity contribution in [2.24, 2.45) is 11.8 Å². The first-order chi connectivity index (χ1) is 23.6. The molecule has 0 radical (unpaired) electrons. The van der Waals surface area contributed by atoms with E-state index < -0.39 is 45.3 Å². The van der Waals surface area contributed by atoms with Gasteiger partial charge >= 0.3 is 0 Å². The lowest BCUT2D eigenvalue weighted by Gasteiger charge is -2.54. The molecular weight excluding hydrogens is 702 g/mol. The fraction of sp³-hybridized carbons (Fsp3) is 0.154. The van der Waals surface area contributed by atoms with E-state index in [1.165, 1.54) is 0 Å². The number of carbonyl (C=O) groups excluding carboxylic acids is 3. The maximum Gasteiger partial charge on any atom is 0.248 e. The van der Waals surface area contributed by atoms with Gasteiger partial charge in [-0.2, -0.15) is 0 Å². The summed E-state index contributed by atoms with van der Waals surface area (Å²) in [5.41, 5.74) is 4.00. The molecule has 4 aliphatic rings. The number of amides is 3. The Balaban J connectivity index is 1.15. The molecule has 10 heteroatoms. The van der Waals surface area contributed by atoms with E-state index in [0.29, 0.717) is 49.5 Å². The van der Waals surface area contributed by atoms with E-state index in [0.717, 1.165) is 10.5 Å². The summed E-state index contributed by atoms with van der Waals surface area (Å²) in [5.74, 6) is -2.74. The highest BCUT2D eigenvalue weighted by atomic mass is 35.5. The Morgan fingerprint density at radius 1 is 0.714 bits per heavy atom. The molecule has 3 amide bonds. The topological polar surface area (TPSA) is 75.7 Å². The number of anilines is 1. The molecule has 1 fully saturated rings. The van der Waals surface area contributed by atoms with Crippen LogP contribution in [0.1, 0.15) is 27.8 Å². The van der Waals surface area contributed by atoms with Crippen molar-refractivity contribution < 1.29 is 19.1 Å². The molecule has 0 saturated carbocycles. The zero-order valence-corrected chi connectivity index (χ0v) is 28.6. The first kappa shape index (κ1) is 31.9. The average Bonchev–Trinajstić information content (AvgIpc) is 3.39. The molecule has 1 N–H and O–H groups in total. The van der Waals surface area contributed by atoms with Crippen molar-refractivity contribution in [2.45, 2.75) is 22.2 Å². The first-order valence-electron chi connectivity index (χ1n) is 15.6. The lowest BCUT2D eigenvalue weighted by Crippen LogP contribution is -2.57. The Morgan fingerprint density at radius 3 is 1.73 bits per heavy atom. The maximum absolute atomic E-state index is 14.7. The third-order valence-electron chi connectivity index (χ3n) is 9.75. The van der Waals surface area contributed by atoms with Crippen LogP contribution in [0.3, 0.4) is 0 Å². The smallest absolute Gasteiger partial charge is 0.248 e. The number of likely N-dealkylation sites (tertiary alicyclic amines) is 1. The number of alkyl halides is 2. The van der Waals surface area contributed by atoms with Gasteiger partial charge in [-0.25, -0.2) is 0 Å². The van der Waals surface area contributed by atoms with Gasteiger partial charge in [0.05, 0.1) is 16.9 Å². The number of imide groups is 1. The predicted octanol–water partition coefficient (Wildman–Crippen LogP) is 8.93. The van der Waals surface area contributed by atoms with Gasteiger partial charge in [0.15, 0.2) is 0 Å². The van der Waals surface area contributed by atoms with Crippen molar-refractivity contribution in [3.63, 3.8) is 0 Å². The normalized spacial score (nSPS) is 23.8. The van der Waals surface area contributed by atoms with Crippen LogP contribution >= 0.6 is 46.4 Å². The van der Waals surface area contributed by atoms with Crippen molar-refractivity contribution in [1.82, 2.24) is 4.90 Å². The van der Waals surface area contributed by atoms with E-state index in [1.807, 2.05) is 78.9 Å². The van der Waals surface area contributed by atoms with Gasteiger partial charge in [0.2, 0.25) is 17.7 Å². The molecule has 9 rings (SSSR count). The lowest BCUT2D eigenvalue weighted by atomic mass is 9.54. The van der Waals surface area contributed by atoms with Crippen LogP contribution in [0.4, 0.5) is 5.69 Å². The summed E-state index contributed by atoms with van der Waals surface area (Å²) in [6.45, 7) is 0. The molecule has 1 saturated heterocycles. The van der Waals surface area contributed by atoms with E-state index in [-0.39, 0.29) is 6.42 Å². The monoisotopic (exact) mass is 726 g/mol. The molecule has 0 unspecified atom stereocenters. The molecular formula is C39H26Cl4N2O4. The average molecular weight is 728 g/mol. The number of hydrogen-bond acceptors (Lipinski definition) is 4. The molecule has 244 valence electrons. The Labute approximate surface area is 302 Å². The second kappa shape index (κ2) is 11.9. The minimum Gasteiger partial charge on any atom is -0.456 e. The molecule has 5 aromatic rings. The van der Waals surface area contributed by atoms with E-state index in [9.17, 15) is 14.4 Å². The number of nitrogens with one attached hydrogen (secondary N) is 1. The number of nitrogens with zero attached hydrogens (tertiary/aromatic N) is 1. The van der Waals surface area contributed by atoms with E-state index >= 15 is 0 Å². The van der Waals surface area contributed by atoms with Gasteiger partial charge in [-0.15, -0.1) is 23.2 Å². The van der Waals surface area contributed by atoms with Crippen LogP contribution in [0.2, 0.25) is 10.0 Å². The summed E-state index contributed by atoms with van der Waals surface area (Å²) >= 11 is 27.5. The molecule has 2 bridgehead atoms. The number of carbonyl (C=O) groups is 3. The van der Waals surface area contributed by atoms with Crippen LogP contribution in [0, 0.1) is 11.8 Å². The summed E-state index contributed by atoms with van der Waals surface area (Å²) < 4.78 is 5.89. The van der Waals surface area contributed by atoms with Crippen molar-refractivity contribution in [3.8, 4) is 11.5 Å². The van der Waals surface area contributed by atoms with Gasteiger partial charge in [0, 0.05) is 17.1 Å². The first-order valence-corrected chi connectivity index (χ1v) is 17.2. The summed E-state index contributed by atoms with van der Waals surface area (Å²) in [6, 6.07) is 34.6. The minimum absolute atomic E-state index is 0.0876. The summed E-state index contributed by atoms with van der Waals surface area (Å²) in [4.78, 5) is 42.1. The standard InChI is InChI=1S/C39H26Cl4N2O4/c40-23-14-19-32(30(41)21-23)49-25-17-15-24(16-18-25)44-35(46)31(20-22-8-2-1-3-9-22)45-36(47)33-34(37(45)48)39(43)27-11-5-4-10-26(27)38(33,42)28-12-6-7-13-29(28)39/h1-19,21,31,33-34H,20H2,(H,44,46)/t31-,33+,34+,38?,39?/m0/s1. The SMILES string of the molecule is O=C(Nc1ccc(Oc2ccc(Cl)cc2Cl)cc1)[C@H](Cc1ccccc1)N1C(=O)[C@H]2[C@H](C1=O)C1(Cl)c3ccccc3C2(Cl)c2ccccc21. The highest BCUT2D eigenvalue weighted by Gasteiger charge is 2.73. The third kappa shape index (κ3) is 4.88. The Bertz CT molecular complexity index is 2040. The van der Waals surface area contributed by atoms with Crippen LogP contribution in [-0.2, 0) is 30.6 Å². The van der Waals surface area contributed by atoms with Gasteiger partial charge in [-0.05, 0) is 70.3 Å². The minimum atomic E-state index is -1.35. The third-order valence-corrected chi connectivity index (χ3v) is 11.6. The Kier molecular flexibility index (Phi) is 7.76. The summed E-state index contributed by atoms with van der Waals surface area (Å²) in [5, 5.41) is 3.75. The van der Waals surface area contributed by atoms with Crippen molar-refractivity contribution in [1.29, 1.82) is 0 Å². The zero-order valence-electron chi connectivity index (χ0n) is 25.6. The highest BCUT2D eigenvalue weighted by Crippen LogP contribution is 2.69. The largest absolute Gasteiger partial charge is 0.456 e. The van der Waals surface area contributed by atoms with Crippen LogP contribution in [0.15, 0.2) is 121 Å². The van der Waals surface area contributed by atoms with Gasteiger partial charge in [-0.3, -0.25) is 19.3 Å². The summed E-state index contributed by atoms with van der Waals surface area (Å²) in [6.07, 6.45) is 0.0876. The molecule has 3 atom stereocenters. The molecule has 0 aromatic heterocycles. The molecule has 6 nitrogen and oxygen atoms in total. The summed E-state index contributed by atoms with van der Waals surface area (Å²) in [7, 11) is 0. The quantitative estimate of drug-likeness (QED) is 0.134. The van der Waals surface area contributed by atoms with Crippen molar-refractivity contribution in [3.05, 3.63) is 159 Å². The molecule has 1 aliphatic heterocycles. The number of ether oxygens (including phenoxy) is 1. The lowest BCUT2D eigenvalue weighted by molar-refractivity contribution is -0.146. The second-order valence-electron chi connectivity index (χ2n) is 12.4. The molecule has 1 heterocycles. The second-order valence-corrected chi connectivity index (χ2v) is 14.4. The van der Waals surface area contributed by atoms with Gasteiger partial charge < -0.3 is 10.1 Å². The number of benzene rings is 5. The number of hydrogen-bond donors (Lipinski definition) is 1. The van der Waals surface area contributed by atoms with Crippen LogP contribution in [0.5, 0.6) is 11.5 Å². The van der Waals surface area contributed by atoms with Gasteiger partial charge in [0.25, 0.3) is 0 Å². The molecule has 5 aromatic carbocycles. The Hall–Kier alpha value is -4.33. The maximum atomic E-state index is 14.7. The van der Waals surface area contributed by atoms with E-state index in [1.54, 1.807) is 42.5 Å². The zero-order chi connectivity index (χ0) is 34.1. The van der Waals surface area contributed by atoms with Gasteiger partial charge in [0.1, 0.15) is 27.3 Å². The Morgan fingerprint density at radius 2 is 1.22 bits per heavy atom. The number of rotatable bonds is 7. The van der Waals surface area contributed by atoms with Crippen LogP contribution in [0.25, 0.3) is 0 Å². The molecule has 0 spiro atoms. The van der Waals surface area contributed by atoms with E-state index in [2.05, 4.69) is 5.32 Å². The molecule has 3 aliphatic carbocycles. The molecule has 49 heavy (non-hydrogen) atoms. The predicted molar refractivity (Wildman–Crippen MR) is 191 cm³/mol. The van der Waals surface area contributed by atoms with Crippen molar-refractivity contribution >= 4 is 69.8 Å². The number of halogens is 4. The highest BCUT2D eigenvalue weighted by molar-refractivity contribution is 6.36. The van der Waals surface area contributed by atoms with Crippen LogP contribution in [-0.4, -0.2) is 28.7 Å². The fourth-order valence-corrected chi connectivity index (χ4v) is 9.20. The van der Waals surface area contributed by atoms with Crippen LogP contribution < -0.4 is 10.1 Å². The fourth-order valence-electron chi connectivity index (χ4n) is 7.65. The van der Waals surface area contributed by atoms with Crippen molar-refractivity contribution in [2.75, 3.05) is 5.32 Å². The van der Waals surface area contributed by atoms with Gasteiger partial charge in [-0.1, -0.05) is 102 Å². The van der Waals surface area contributed by atoms with E-state index in [4.69, 9.17) is 51.1 Å².